The standard InChI is InChI=1S/C38H38N4O6/c1-43-31-19-17-29(23-33(31)45-3)37(25-39,35(41-47-5)21-27-13-9-7-10-14-27)38(26-40,30-18-20-32(44-2)34(24-30)46-4)36(42-48-6)22-28-15-11-8-12-16-28/h7-20,23-24H,21-22H2,1-6H3/b41-35+,42-36+/t37-,38-/m0/s1. The predicted octanol–water partition coefficient (Wildman–Crippen LogP) is 6.43. The molecule has 0 amide bonds. The zero-order valence-corrected chi connectivity index (χ0v) is 27.9. The number of hydrogen-bond donors (Lipinski definition) is 0. The second-order valence-corrected chi connectivity index (χ2v) is 10.6. The summed E-state index contributed by atoms with van der Waals surface area (Å²) in [4.78, 5) is 11.0. The molecule has 4 aromatic carbocycles. The molecule has 0 radical (unpaired) electrons. The number of oxime groups is 2. The van der Waals surface area contributed by atoms with E-state index >= 15 is 0 Å². The first-order valence-electron chi connectivity index (χ1n) is 15.0. The van der Waals surface area contributed by atoms with Gasteiger partial charge in [-0.05, 0) is 46.5 Å². The zero-order chi connectivity index (χ0) is 34.6. The molecule has 0 spiro atoms. The molecule has 246 valence electrons. The van der Waals surface area contributed by atoms with Crippen molar-refractivity contribution in [2.45, 2.75) is 23.7 Å². The maximum absolute atomic E-state index is 11.8. The fraction of sp³-hybridized carbons (Fsp3) is 0.263. The number of rotatable bonds is 15. The van der Waals surface area contributed by atoms with Gasteiger partial charge < -0.3 is 28.6 Å². The first kappa shape index (κ1) is 34.9. The molecular formula is C38H38N4O6. The first-order valence-corrected chi connectivity index (χ1v) is 15.0. The van der Waals surface area contributed by atoms with Crippen LogP contribution in [0.4, 0.5) is 0 Å². The monoisotopic (exact) mass is 646 g/mol. The van der Waals surface area contributed by atoms with E-state index in [-0.39, 0.29) is 24.3 Å². The van der Waals surface area contributed by atoms with Crippen LogP contribution >= 0.6 is 0 Å². The van der Waals surface area contributed by atoms with E-state index in [9.17, 15) is 10.5 Å². The van der Waals surface area contributed by atoms with Gasteiger partial charge in [-0.3, -0.25) is 0 Å². The van der Waals surface area contributed by atoms with Gasteiger partial charge in [0.1, 0.15) is 14.2 Å². The Morgan fingerprint density at radius 2 is 0.875 bits per heavy atom. The lowest BCUT2D eigenvalue weighted by Crippen LogP contribution is -2.58. The van der Waals surface area contributed by atoms with E-state index < -0.39 is 10.8 Å². The average Bonchev–Trinajstić information content (AvgIpc) is 3.14. The Balaban J connectivity index is 2.26. The molecule has 10 heteroatoms. The largest absolute Gasteiger partial charge is 0.493 e. The number of nitrogens with zero attached hydrogens (tertiary/aromatic N) is 4. The van der Waals surface area contributed by atoms with Crippen molar-refractivity contribution in [3.8, 4) is 35.1 Å². The average molecular weight is 647 g/mol. The number of ether oxygens (including phenoxy) is 4. The Labute approximate surface area is 281 Å². The minimum Gasteiger partial charge on any atom is -0.493 e. The van der Waals surface area contributed by atoms with E-state index in [4.69, 9.17) is 28.6 Å². The Morgan fingerprint density at radius 1 is 0.521 bits per heavy atom. The molecule has 0 aromatic heterocycles. The van der Waals surface area contributed by atoms with E-state index in [2.05, 4.69) is 22.4 Å². The van der Waals surface area contributed by atoms with Gasteiger partial charge in [-0.1, -0.05) is 83.1 Å². The van der Waals surface area contributed by atoms with Gasteiger partial charge in [0.05, 0.1) is 52.0 Å². The van der Waals surface area contributed by atoms with Crippen molar-refractivity contribution in [3.05, 3.63) is 119 Å². The van der Waals surface area contributed by atoms with E-state index in [1.165, 1.54) is 42.7 Å². The van der Waals surface area contributed by atoms with Crippen molar-refractivity contribution < 1.29 is 28.6 Å². The van der Waals surface area contributed by atoms with Crippen molar-refractivity contribution in [2.24, 2.45) is 10.3 Å². The topological polar surface area (TPSA) is 128 Å². The van der Waals surface area contributed by atoms with Crippen LogP contribution in [0.3, 0.4) is 0 Å². The lowest BCUT2D eigenvalue weighted by molar-refractivity contribution is 0.205. The minimum absolute atomic E-state index is 0.138. The highest BCUT2D eigenvalue weighted by Crippen LogP contribution is 2.51. The van der Waals surface area contributed by atoms with Crippen LogP contribution in [-0.4, -0.2) is 54.1 Å². The second-order valence-electron chi connectivity index (χ2n) is 10.6. The number of hydrogen-bond acceptors (Lipinski definition) is 10. The lowest BCUT2D eigenvalue weighted by atomic mass is 9.52. The third-order valence-electron chi connectivity index (χ3n) is 8.23. The molecule has 0 saturated heterocycles. The van der Waals surface area contributed by atoms with Crippen LogP contribution in [0.2, 0.25) is 0 Å². The molecule has 0 N–H and O–H groups in total. The van der Waals surface area contributed by atoms with E-state index in [1.54, 1.807) is 36.4 Å². The van der Waals surface area contributed by atoms with E-state index in [1.807, 2.05) is 60.7 Å². The van der Waals surface area contributed by atoms with Crippen LogP contribution in [0.15, 0.2) is 107 Å². The highest BCUT2D eigenvalue weighted by molar-refractivity contribution is 6.12. The summed E-state index contributed by atoms with van der Waals surface area (Å²) in [7, 11) is 8.86. The summed E-state index contributed by atoms with van der Waals surface area (Å²) in [5.74, 6) is 1.56. The molecule has 0 aliphatic rings. The highest BCUT2D eigenvalue weighted by atomic mass is 16.6. The molecule has 0 aliphatic carbocycles. The molecule has 0 aliphatic heterocycles. The summed E-state index contributed by atoms with van der Waals surface area (Å²) in [5, 5.41) is 32.6. The summed E-state index contributed by atoms with van der Waals surface area (Å²) >= 11 is 0. The number of nitriles is 2. The Hall–Kier alpha value is -6.00. The molecule has 0 bridgehead atoms. The molecule has 10 nitrogen and oxygen atoms in total. The van der Waals surface area contributed by atoms with Gasteiger partial charge >= 0.3 is 0 Å². The molecule has 0 saturated carbocycles. The van der Waals surface area contributed by atoms with Crippen molar-refractivity contribution >= 4 is 11.4 Å². The first-order chi connectivity index (χ1) is 23.4. The van der Waals surface area contributed by atoms with Gasteiger partial charge in [0.15, 0.2) is 33.8 Å². The molecule has 0 fully saturated rings. The molecule has 0 heterocycles. The normalized spacial score (nSPS) is 13.9. The molecule has 48 heavy (non-hydrogen) atoms. The summed E-state index contributed by atoms with van der Waals surface area (Å²) in [6.07, 6.45) is 0.276. The quantitative estimate of drug-likeness (QED) is 0.107. The van der Waals surface area contributed by atoms with Crippen molar-refractivity contribution in [1.82, 2.24) is 0 Å². The van der Waals surface area contributed by atoms with Gasteiger partial charge in [-0.2, -0.15) is 10.5 Å². The third-order valence-corrected chi connectivity index (χ3v) is 8.23. The van der Waals surface area contributed by atoms with Crippen molar-refractivity contribution in [3.63, 3.8) is 0 Å². The SMILES string of the molecule is CO/N=C(\Cc1ccccc1)[C@](C#N)(c1ccc(OC)c(OC)c1)[C@](C#N)(/C(Cc1ccccc1)=N/OC)c1ccc(OC)c(OC)c1. The van der Waals surface area contributed by atoms with Crippen LogP contribution in [0, 0.1) is 22.7 Å². The highest BCUT2D eigenvalue weighted by Gasteiger charge is 2.62. The maximum atomic E-state index is 11.8. The zero-order valence-electron chi connectivity index (χ0n) is 27.9. The fourth-order valence-electron chi connectivity index (χ4n) is 6.03. The van der Waals surface area contributed by atoms with E-state index in [0.717, 1.165) is 11.1 Å². The number of benzene rings is 4. The molecule has 2 atom stereocenters. The van der Waals surface area contributed by atoms with Crippen molar-refractivity contribution in [2.75, 3.05) is 42.7 Å². The van der Waals surface area contributed by atoms with Crippen molar-refractivity contribution in [1.29, 1.82) is 10.5 Å². The van der Waals surface area contributed by atoms with E-state index in [0.29, 0.717) is 34.1 Å². The van der Waals surface area contributed by atoms with Crippen LogP contribution < -0.4 is 18.9 Å². The summed E-state index contributed by atoms with van der Waals surface area (Å²) < 4.78 is 22.5. The van der Waals surface area contributed by atoms with Gasteiger partial charge in [0, 0.05) is 12.8 Å². The Morgan fingerprint density at radius 3 is 1.17 bits per heavy atom. The minimum atomic E-state index is -1.93. The van der Waals surface area contributed by atoms with Gasteiger partial charge in [0.25, 0.3) is 0 Å². The van der Waals surface area contributed by atoms with Crippen LogP contribution in [0.25, 0.3) is 0 Å². The maximum Gasteiger partial charge on any atom is 0.161 e. The molecule has 4 rings (SSSR count). The Bertz CT molecular complexity index is 1700. The molecule has 4 aromatic rings. The summed E-state index contributed by atoms with van der Waals surface area (Å²) in [5.41, 5.74) is -0.970. The van der Waals surface area contributed by atoms with Gasteiger partial charge in [-0.25, -0.2) is 0 Å². The second kappa shape index (κ2) is 16.0. The predicted molar refractivity (Wildman–Crippen MR) is 183 cm³/mol. The smallest absolute Gasteiger partial charge is 0.161 e. The van der Waals surface area contributed by atoms with Crippen LogP contribution in [-0.2, 0) is 33.3 Å². The van der Waals surface area contributed by atoms with Gasteiger partial charge in [0.2, 0.25) is 0 Å². The van der Waals surface area contributed by atoms with Crippen LogP contribution in [0.5, 0.6) is 23.0 Å². The third kappa shape index (κ3) is 6.47. The molecule has 0 unspecified atom stereocenters. The lowest BCUT2D eigenvalue weighted by Gasteiger charge is -2.43. The fourth-order valence-corrected chi connectivity index (χ4v) is 6.03. The van der Waals surface area contributed by atoms with Crippen LogP contribution in [0.1, 0.15) is 22.3 Å². The molecular weight excluding hydrogens is 608 g/mol. The summed E-state index contributed by atoms with van der Waals surface area (Å²) in [6.45, 7) is 0. The number of methoxy groups -OCH3 is 4. The Kier molecular flexibility index (Phi) is 11.6. The van der Waals surface area contributed by atoms with Gasteiger partial charge in [-0.15, -0.1) is 0 Å². The summed E-state index contributed by atoms with van der Waals surface area (Å²) in [6, 6.07) is 34.4.